The van der Waals surface area contributed by atoms with Crippen molar-refractivity contribution in [1.82, 2.24) is 9.80 Å². The monoisotopic (exact) mass is 479 g/mol. The summed E-state index contributed by atoms with van der Waals surface area (Å²) in [4.78, 5) is 31.2. The molecular formula is C27H33N3O3S. The Morgan fingerprint density at radius 1 is 0.971 bits per heavy atom. The summed E-state index contributed by atoms with van der Waals surface area (Å²) in [6.07, 6.45) is 0.744. The van der Waals surface area contributed by atoms with Crippen LogP contribution in [-0.4, -0.2) is 40.9 Å². The molecule has 0 bridgehead atoms. The Morgan fingerprint density at radius 2 is 1.71 bits per heavy atom. The van der Waals surface area contributed by atoms with Crippen LogP contribution in [-0.2, 0) is 17.9 Å². The van der Waals surface area contributed by atoms with E-state index in [-0.39, 0.29) is 24.5 Å². The molecule has 1 N–H and O–H groups in total. The number of hydrogen-bond acceptors (Lipinski definition) is 4. The van der Waals surface area contributed by atoms with Crippen LogP contribution in [0.15, 0.2) is 72.1 Å². The highest BCUT2D eigenvalue weighted by Gasteiger charge is 2.25. The van der Waals surface area contributed by atoms with Crippen LogP contribution in [0.3, 0.4) is 0 Å². The zero-order valence-electron chi connectivity index (χ0n) is 20.1. The van der Waals surface area contributed by atoms with Crippen LogP contribution in [0.1, 0.15) is 37.6 Å². The Bertz CT molecular complexity index is 1020. The van der Waals surface area contributed by atoms with Crippen molar-refractivity contribution in [2.75, 3.05) is 18.5 Å². The molecule has 0 saturated heterocycles. The van der Waals surface area contributed by atoms with Gasteiger partial charge in [-0.15, -0.1) is 11.3 Å². The van der Waals surface area contributed by atoms with Crippen LogP contribution in [0.25, 0.3) is 0 Å². The molecule has 3 aromatic rings. The molecule has 0 aliphatic carbocycles. The molecule has 34 heavy (non-hydrogen) atoms. The number of urea groups is 1. The molecule has 0 fully saturated rings. The average Bonchev–Trinajstić information content (AvgIpc) is 3.36. The first-order valence-electron chi connectivity index (χ1n) is 11.6. The van der Waals surface area contributed by atoms with E-state index in [0.29, 0.717) is 25.4 Å². The van der Waals surface area contributed by atoms with Gasteiger partial charge in [-0.25, -0.2) is 4.79 Å². The minimum atomic E-state index is -0.289. The molecule has 7 heteroatoms. The number of carbonyl (C=O) groups excluding carboxylic acids is 2. The summed E-state index contributed by atoms with van der Waals surface area (Å²) in [5.41, 5.74) is 1.72. The van der Waals surface area contributed by atoms with E-state index >= 15 is 0 Å². The van der Waals surface area contributed by atoms with Gasteiger partial charge in [-0.3, -0.25) is 4.79 Å². The normalized spacial score (nSPS) is 11.5. The number of hydrogen-bond donors (Lipinski definition) is 1. The first kappa shape index (κ1) is 25.3. The van der Waals surface area contributed by atoms with Crippen LogP contribution in [0.4, 0.5) is 10.5 Å². The average molecular weight is 480 g/mol. The molecule has 0 aliphatic heterocycles. The second-order valence-corrected chi connectivity index (χ2v) is 9.12. The van der Waals surface area contributed by atoms with Crippen molar-refractivity contribution in [3.05, 3.63) is 82.6 Å². The molecule has 3 rings (SSSR count). The second kappa shape index (κ2) is 12.8. The summed E-state index contributed by atoms with van der Waals surface area (Å²) in [6, 6.07) is 20.8. The highest BCUT2D eigenvalue weighted by atomic mass is 32.1. The number of rotatable bonds is 11. The zero-order valence-corrected chi connectivity index (χ0v) is 20.9. The van der Waals surface area contributed by atoms with Crippen molar-refractivity contribution in [1.29, 1.82) is 0 Å². The van der Waals surface area contributed by atoms with E-state index in [9.17, 15) is 9.59 Å². The number of thiophene rings is 1. The van der Waals surface area contributed by atoms with Gasteiger partial charge in [0.25, 0.3) is 0 Å². The lowest BCUT2D eigenvalue weighted by atomic mass is 10.2. The quantitative estimate of drug-likeness (QED) is 0.366. The topological polar surface area (TPSA) is 61.9 Å². The van der Waals surface area contributed by atoms with Crippen molar-refractivity contribution in [3.63, 3.8) is 0 Å². The molecule has 0 radical (unpaired) electrons. The van der Waals surface area contributed by atoms with E-state index in [4.69, 9.17) is 4.74 Å². The highest BCUT2D eigenvalue weighted by molar-refractivity contribution is 7.09. The van der Waals surface area contributed by atoms with Crippen molar-refractivity contribution < 1.29 is 14.3 Å². The molecule has 1 heterocycles. The molecule has 1 atom stereocenters. The number of anilines is 1. The molecule has 0 spiro atoms. The molecule has 2 aromatic carbocycles. The first-order chi connectivity index (χ1) is 16.5. The minimum Gasteiger partial charge on any atom is -0.494 e. The summed E-state index contributed by atoms with van der Waals surface area (Å²) < 4.78 is 5.47. The van der Waals surface area contributed by atoms with E-state index in [1.54, 1.807) is 28.4 Å². The van der Waals surface area contributed by atoms with E-state index in [1.807, 2.05) is 85.6 Å². The van der Waals surface area contributed by atoms with Gasteiger partial charge in [-0.2, -0.15) is 0 Å². The van der Waals surface area contributed by atoms with Crippen LogP contribution >= 0.6 is 11.3 Å². The standard InChI is InChI=1S/C27H33N3O3S/c1-4-21(3)30(27(32)28-23-13-15-24(16-14-23)33-5-2)20-26(31)29(19-25-12-9-17-34-25)18-22-10-7-6-8-11-22/h6-17,21H,4-5,18-20H2,1-3H3,(H,28,32). The lowest BCUT2D eigenvalue weighted by Gasteiger charge is -2.31. The third-order valence-corrected chi connectivity index (χ3v) is 6.46. The van der Waals surface area contributed by atoms with Gasteiger partial charge in [-0.05, 0) is 61.5 Å². The Balaban J connectivity index is 1.73. The van der Waals surface area contributed by atoms with Gasteiger partial charge in [0.05, 0.1) is 13.2 Å². The zero-order chi connectivity index (χ0) is 24.3. The van der Waals surface area contributed by atoms with E-state index in [1.165, 1.54) is 0 Å². The SMILES string of the molecule is CCOc1ccc(NC(=O)N(CC(=O)N(Cc2ccccc2)Cc2cccs2)C(C)CC)cc1. The highest BCUT2D eigenvalue weighted by Crippen LogP contribution is 2.18. The van der Waals surface area contributed by atoms with Gasteiger partial charge in [0.15, 0.2) is 0 Å². The summed E-state index contributed by atoms with van der Waals surface area (Å²) in [7, 11) is 0. The van der Waals surface area contributed by atoms with Crippen molar-refractivity contribution in [2.45, 2.75) is 46.3 Å². The lowest BCUT2D eigenvalue weighted by molar-refractivity contribution is -0.133. The lowest BCUT2D eigenvalue weighted by Crippen LogP contribution is -2.47. The first-order valence-corrected chi connectivity index (χ1v) is 12.5. The fourth-order valence-electron chi connectivity index (χ4n) is 3.52. The smallest absolute Gasteiger partial charge is 0.322 e. The maximum absolute atomic E-state index is 13.5. The number of nitrogens with zero attached hydrogens (tertiary/aromatic N) is 2. The molecule has 3 amide bonds. The number of ether oxygens (including phenoxy) is 1. The van der Waals surface area contributed by atoms with Gasteiger partial charge < -0.3 is 19.9 Å². The van der Waals surface area contributed by atoms with Gasteiger partial charge in [0.2, 0.25) is 5.91 Å². The minimum absolute atomic E-state index is 0.01000. The van der Waals surface area contributed by atoms with Crippen molar-refractivity contribution in [2.24, 2.45) is 0 Å². The number of amides is 3. The maximum Gasteiger partial charge on any atom is 0.322 e. The molecule has 180 valence electrons. The molecule has 6 nitrogen and oxygen atoms in total. The molecule has 1 unspecified atom stereocenters. The molecule has 0 aliphatic rings. The summed E-state index contributed by atoms with van der Waals surface area (Å²) in [5, 5.41) is 4.94. The Hall–Kier alpha value is -3.32. The van der Waals surface area contributed by atoms with E-state index in [2.05, 4.69) is 5.32 Å². The second-order valence-electron chi connectivity index (χ2n) is 8.09. The Labute approximate surface area is 206 Å². The predicted molar refractivity (Wildman–Crippen MR) is 138 cm³/mol. The van der Waals surface area contributed by atoms with E-state index < -0.39 is 0 Å². The largest absolute Gasteiger partial charge is 0.494 e. The van der Waals surface area contributed by atoms with E-state index in [0.717, 1.165) is 22.6 Å². The summed E-state index contributed by atoms with van der Waals surface area (Å²) >= 11 is 1.62. The van der Waals surface area contributed by atoms with Gasteiger partial charge in [-0.1, -0.05) is 43.3 Å². The molecule has 0 saturated carbocycles. The third kappa shape index (κ3) is 7.35. The van der Waals surface area contributed by atoms with Crippen LogP contribution in [0.5, 0.6) is 5.75 Å². The summed E-state index contributed by atoms with van der Waals surface area (Å²) in [6.45, 7) is 7.51. The van der Waals surface area contributed by atoms with Crippen LogP contribution in [0.2, 0.25) is 0 Å². The third-order valence-electron chi connectivity index (χ3n) is 5.60. The van der Waals surface area contributed by atoms with Gasteiger partial charge >= 0.3 is 6.03 Å². The fourth-order valence-corrected chi connectivity index (χ4v) is 4.24. The van der Waals surface area contributed by atoms with Crippen molar-refractivity contribution >= 4 is 29.0 Å². The predicted octanol–water partition coefficient (Wildman–Crippen LogP) is 6.01. The summed E-state index contributed by atoms with van der Waals surface area (Å²) in [5.74, 6) is 0.666. The Kier molecular flexibility index (Phi) is 9.52. The number of nitrogens with one attached hydrogen (secondary N) is 1. The molecular weight excluding hydrogens is 446 g/mol. The van der Waals surface area contributed by atoms with Crippen molar-refractivity contribution in [3.8, 4) is 5.75 Å². The van der Waals surface area contributed by atoms with Gasteiger partial charge in [0, 0.05) is 23.2 Å². The maximum atomic E-state index is 13.5. The number of benzene rings is 2. The molecule has 1 aromatic heterocycles. The number of carbonyl (C=O) groups is 2. The fraction of sp³-hybridized carbons (Fsp3) is 0.333. The van der Waals surface area contributed by atoms with Crippen LogP contribution < -0.4 is 10.1 Å². The Morgan fingerprint density at radius 3 is 2.32 bits per heavy atom. The van der Waals surface area contributed by atoms with Crippen LogP contribution in [0, 0.1) is 0 Å². The van der Waals surface area contributed by atoms with Gasteiger partial charge in [0.1, 0.15) is 12.3 Å².